The van der Waals surface area contributed by atoms with E-state index in [9.17, 15) is 9.59 Å². The van der Waals surface area contributed by atoms with Gasteiger partial charge in [0, 0.05) is 26.1 Å². The lowest BCUT2D eigenvalue weighted by Crippen LogP contribution is -2.45. The summed E-state index contributed by atoms with van der Waals surface area (Å²) >= 11 is 0. The fraction of sp³-hybridized carbons (Fsp3) is 0.750. The molecular weight excluding hydrogens is 310 g/mol. The molecule has 0 unspecified atom stereocenters. The van der Waals surface area contributed by atoms with Crippen molar-refractivity contribution in [3.8, 4) is 0 Å². The summed E-state index contributed by atoms with van der Waals surface area (Å²) in [6, 6.07) is 0. The smallest absolute Gasteiger partial charge is 0.228 e. The van der Waals surface area contributed by atoms with Gasteiger partial charge in [-0.15, -0.1) is 0 Å². The minimum atomic E-state index is -0.299. The summed E-state index contributed by atoms with van der Waals surface area (Å²) in [5, 5.41) is 6.94. The number of aromatic nitrogens is 3. The second-order valence-corrected chi connectivity index (χ2v) is 7.07. The number of nitrogens with one attached hydrogen (secondary N) is 1. The largest absolute Gasteiger partial charge is 0.366 e. The van der Waals surface area contributed by atoms with Crippen LogP contribution in [-0.4, -0.2) is 69.6 Å². The average Bonchev–Trinajstić information content (AvgIpc) is 3.18. The zero-order valence-electron chi connectivity index (χ0n) is 13.9. The van der Waals surface area contributed by atoms with Gasteiger partial charge in [-0.05, 0) is 25.7 Å². The van der Waals surface area contributed by atoms with E-state index < -0.39 is 0 Å². The molecule has 0 aromatic carbocycles. The second-order valence-electron chi connectivity index (χ2n) is 7.07. The topological polar surface area (TPSA) is 91.4 Å². The number of morpholine rings is 1. The Morgan fingerprint density at radius 2 is 2.21 bits per heavy atom. The predicted octanol–water partition coefficient (Wildman–Crippen LogP) is 0.272. The Hall–Kier alpha value is -1.96. The van der Waals surface area contributed by atoms with Gasteiger partial charge in [0.2, 0.25) is 11.8 Å². The summed E-state index contributed by atoms with van der Waals surface area (Å²) in [6.45, 7) is 4.70. The molecule has 1 aliphatic carbocycles. The molecule has 1 saturated carbocycles. The van der Waals surface area contributed by atoms with Crippen molar-refractivity contribution in [1.29, 1.82) is 0 Å². The molecule has 1 N–H and O–H groups in total. The molecule has 3 fully saturated rings. The molecule has 1 aromatic heterocycles. The quantitative estimate of drug-likeness (QED) is 0.854. The van der Waals surface area contributed by atoms with Gasteiger partial charge in [-0.25, -0.2) is 4.98 Å². The molecule has 24 heavy (non-hydrogen) atoms. The number of rotatable bonds is 4. The van der Waals surface area contributed by atoms with Crippen LogP contribution in [0.3, 0.4) is 0 Å². The van der Waals surface area contributed by atoms with Crippen LogP contribution in [0.15, 0.2) is 0 Å². The van der Waals surface area contributed by atoms with Crippen LogP contribution in [0, 0.1) is 18.8 Å². The Morgan fingerprint density at radius 3 is 2.92 bits per heavy atom. The first-order chi connectivity index (χ1) is 11.6. The lowest BCUT2D eigenvalue weighted by atomic mass is 10.1. The van der Waals surface area contributed by atoms with Gasteiger partial charge in [-0.3, -0.25) is 14.7 Å². The minimum Gasteiger partial charge on any atom is -0.366 e. The van der Waals surface area contributed by atoms with Crippen LogP contribution in [0.5, 0.6) is 0 Å². The molecule has 8 nitrogen and oxygen atoms in total. The number of aryl methyl sites for hydroxylation is 1. The summed E-state index contributed by atoms with van der Waals surface area (Å²) < 4.78 is 5.71. The molecule has 0 spiro atoms. The number of likely N-dealkylation sites (tertiary alicyclic amines) is 1. The van der Waals surface area contributed by atoms with Crippen molar-refractivity contribution in [3.63, 3.8) is 0 Å². The monoisotopic (exact) mass is 333 g/mol. The average molecular weight is 333 g/mol. The highest BCUT2D eigenvalue weighted by Gasteiger charge is 2.40. The number of carbonyl (C=O) groups is 2. The van der Waals surface area contributed by atoms with Gasteiger partial charge >= 0.3 is 0 Å². The molecule has 2 aliphatic heterocycles. The van der Waals surface area contributed by atoms with Gasteiger partial charge < -0.3 is 14.5 Å². The van der Waals surface area contributed by atoms with Crippen LogP contribution in [0.25, 0.3) is 0 Å². The minimum absolute atomic E-state index is 0.0576. The first-order valence-electron chi connectivity index (χ1n) is 8.67. The Labute approximate surface area is 140 Å². The first kappa shape index (κ1) is 15.6. The lowest BCUT2D eigenvalue weighted by molar-refractivity contribution is -0.143. The molecule has 2 amide bonds. The maximum absolute atomic E-state index is 12.8. The maximum Gasteiger partial charge on any atom is 0.228 e. The van der Waals surface area contributed by atoms with Crippen molar-refractivity contribution in [2.24, 2.45) is 11.8 Å². The molecule has 1 aromatic rings. The van der Waals surface area contributed by atoms with E-state index in [0.29, 0.717) is 44.4 Å². The maximum atomic E-state index is 12.8. The number of aromatic amines is 1. The SMILES string of the molecule is Cc1nc([C@H]2CN(C(=O)[C@H]3CC(=O)N(CC4CC4)C3)CCO2)n[nH]1. The third kappa shape index (κ3) is 3.15. The van der Waals surface area contributed by atoms with Crippen molar-refractivity contribution in [2.45, 2.75) is 32.3 Å². The van der Waals surface area contributed by atoms with Crippen LogP contribution < -0.4 is 0 Å². The third-order valence-corrected chi connectivity index (χ3v) is 5.02. The van der Waals surface area contributed by atoms with Crippen LogP contribution in [0.4, 0.5) is 0 Å². The number of hydrogen-bond acceptors (Lipinski definition) is 5. The summed E-state index contributed by atoms with van der Waals surface area (Å²) in [5.74, 6) is 1.93. The van der Waals surface area contributed by atoms with Gasteiger partial charge in [0.25, 0.3) is 0 Å². The highest BCUT2D eigenvalue weighted by molar-refractivity contribution is 5.89. The molecule has 3 heterocycles. The first-order valence-corrected chi connectivity index (χ1v) is 8.67. The number of ether oxygens (including phenoxy) is 1. The number of hydrogen-bond donors (Lipinski definition) is 1. The number of amides is 2. The summed E-state index contributed by atoms with van der Waals surface area (Å²) in [7, 11) is 0. The van der Waals surface area contributed by atoms with Gasteiger partial charge in [-0.2, -0.15) is 5.10 Å². The molecule has 0 bridgehead atoms. The van der Waals surface area contributed by atoms with Crippen molar-refractivity contribution >= 4 is 11.8 Å². The summed E-state index contributed by atoms with van der Waals surface area (Å²) in [4.78, 5) is 32.9. The van der Waals surface area contributed by atoms with Gasteiger partial charge in [-0.1, -0.05) is 0 Å². The van der Waals surface area contributed by atoms with Crippen LogP contribution in [0.2, 0.25) is 0 Å². The summed E-state index contributed by atoms with van der Waals surface area (Å²) in [6.07, 6.45) is 2.47. The van der Waals surface area contributed by atoms with Crippen molar-refractivity contribution < 1.29 is 14.3 Å². The zero-order chi connectivity index (χ0) is 16.7. The van der Waals surface area contributed by atoms with E-state index in [-0.39, 0.29) is 23.8 Å². The highest BCUT2D eigenvalue weighted by Crippen LogP contribution is 2.32. The Balaban J connectivity index is 1.38. The Bertz CT molecular complexity index is 641. The third-order valence-electron chi connectivity index (χ3n) is 5.02. The second kappa shape index (κ2) is 6.16. The number of carbonyl (C=O) groups excluding carboxylic acids is 2. The van der Waals surface area contributed by atoms with Crippen molar-refractivity contribution in [1.82, 2.24) is 25.0 Å². The Kier molecular flexibility index (Phi) is 3.99. The van der Waals surface area contributed by atoms with E-state index in [0.717, 1.165) is 12.4 Å². The molecule has 130 valence electrons. The van der Waals surface area contributed by atoms with E-state index in [1.807, 2.05) is 11.8 Å². The predicted molar refractivity (Wildman–Crippen MR) is 83.8 cm³/mol. The number of nitrogens with zero attached hydrogens (tertiary/aromatic N) is 4. The summed E-state index contributed by atoms with van der Waals surface area (Å²) in [5.41, 5.74) is 0. The van der Waals surface area contributed by atoms with Gasteiger partial charge in [0.1, 0.15) is 11.9 Å². The molecule has 2 atom stereocenters. The van der Waals surface area contributed by atoms with Crippen LogP contribution >= 0.6 is 0 Å². The van der Waals surface area contributed by atoms with Gasteiger partial charge in [0.05, 0.1) is 19.1 Å². The van der Waals surface area contributed by atoms with Crippen molar-refractivity contribution in [2.75, 3.05) is 32.8 Å². The number of H-pyrrole nitrogens is 1. The Morgan fingerprint density at radius 1 is 1.38 bits per heavy atom. The van der Waals surface area contributed by atoms with E-state index >= 15 is 0 Å². The molecule has 3 aliphatic rings. The van der Waals surface area contributed by atoms with E-state index in [1.165, 1.54) is 12.8 Å². The van der Waals surface area contributed by atoms with E-state index in [2.05, 4.69) is 15.2 Å². The van der Waals surface area contributed by atoms with Gasteiger partial charge in [0.15, 0.2) is 5.82 Å². The standard InChI is InChI=1S/C16H23N5O3/c1-10-17-15(19-18-10)13-9-20(4-5-24-13)16(23)12-6-14(22)21(8-12)7-11-2-3-11/h11-13H,2-9H2,1H3,(H,17,18,19)/t12-,13+/m0/s1. The molecule has 8 heteroatoms. The normalized spacial score (nSPS) is 27.8. The molecule has 0 radical (unpaired) electrons. The fourth-order valence-corrected chi connectivity index (χ4v) is 3.49. The highest BCUT2D eigenvalue weighted by atomic mass is 16.5. The van der Waals surface area contributed by atoms with Crippen molar-refractivity contribution in [3.05, 3.63) is 11.6 Å². The molecular formula is C16H23N5O3. The van der Waals surface area contributed by atoms with Crippen LogP contribution in [0.1, 0.15) is 37.0 Å². The zero-order valence-corrected chi connectivity index (χ0v) is 13.9. The van der Waals surface area contributed by atoms with E-state index in [4.69, 9.17) is 4.74 Å². The van der Waals surface area contributed by atoms with Crippen LogP contribution in [-0.2, 0) is 14.3 Å². The molecule has 4 rings (SSSR count). The lowest BCUT2D eigenvalue weighted by Gasteiger charge is -2.33. The molecule has 2 saturated heterocycles. The van der Waals surface area contributed by atoms with E-state index in [1.54, 1.807) is 4.90 Å². The fourth-order valence-electron chi connectivity index (χ4n) is 3.49.